The van der Waals surface area contributed by atoms with Crippen LogP contribution in [-0.2, 0) is 24.4 Å². The van der Waals surface area contributed by atoms with E-state index in [1.165, 1.54) is 11.1 Å². The zero-order valence-electron chi connectivity index (χ0n) is 23.9. The van der Waals surface area contributed by atoms with Gasteiger partial charge in [0.15, 0.2) is 0 Å². The fourth-order valence-electron chi connectivity index (χ4n) is 6.24. The van der Waals surface area contributed by atoms with E-state index in [1.807, 2.05) is 35.2 Å². The maximum Gasteiger partial charge on any atom is 0.252 e. The molecule has 3 aromatic rings. The first-order valence-corrected chi connectivity index (χ1v) is 16.0. The predicted octanol–water partition coefficient (Wildman–Crippen LogP) is 6.95. The van der Waals surface area contributed by atoms with Crippen LogP contribution in [0.3, 0.4) is 0 Å². The molecule has 1 amide bonds. The van der Waals surface area contributed by atoms with E-state index < -0.39 is 0 Å². The largest absolute Gasteiger partial charge is 0.331 e. The number of halogens is 3. The molecule has 2 N–H and O–H groups in total. The minimum Gasteiger partial charge on any atom is -0.331 e. The number of fused-ring (bicyclic) bond motifs is 2. The van der Waals surface area contributed by atoms with Gasteiger partial charge in [0.2, 0.25) is 0 Å². The van der Waals surface area contributed by atoms with Gasteiger partial charge < -0.3 is 15.5 Å². The third-order valence-electron chi connectivity index (χ3n) is 8.60. The number of benzene rings is 3. The van der Waals surface area contributed by atoms with Crippen molar-refractivity contribution < 1.29 is 4.79 Å². The first kappa shape index (κ1) is 29.7. The summed E-state index contributed by atoms with van der Waals surface area (Å²) in [7, 11) is 0. The van der Waals surface area contributed by atoms with Crippen LogP contribution in [0, 0.1) is 0 Å². The quantitative estimate of drug-likeness (QED) is 0.257. The van der Waals surface area contributed by atoms with Gasteiger partial charge in [-0.1, -0.05) is 90.3 Å². The van der Waals surface area contributed by atoms with Crippen molar-refractivity contribution in [1.82, 2.24) is 20.4 Å². The topological polar surface area (TPSA) is 47.6 Å². The van der Waals surface area contributed by atoms with Crippen LogP contribution in [0.15, 0.2) is 72.3 Å². The smallest absolute Gasteiger partial charge is 0.252 e. The number of amides is 1. The molecule has 0 aromatic heterocycles. The molecule has 1 saturated carbocycles. The molecule has 2 unspecified atom stereocenters. The summed E-state index contributed by atoms with van der Waals surface area (Å²) in [6.45, 7) is 6.92. The average Bonchev–Trinajstić information content (AvgIpc) is 3.83. The van der Waals surface area contributed by atoms with Crippen LogP contribution in [0.4, 0.5) is 0 Å². The molecule has 42 heavy (non-hydrogen) atoms. The highest BCUT2D eigenvalue weighted by Gasteiger charge is 2.41. The molecule has 8 heteroatoms. The minimum atomic E-state index is -0.0240. The number of hydrogen-bond donors (Lipinski definition) is 2. The second-order valence-corrected chi connectivity index (χ2v) is 12.9. The first-order chi connectivity index (χ1) is 20.4. The van der Waals surface area contributed by atoms with Crippen LogP contribution in [0.25, 0.3) is 5.57 Å². The summed E-state index contributed by atoms with van der Waals surface area (Å²) >= 11 is 19.1. The van der Waals surface area contributed by atoms with Crippen molar-refractivity contribution in [3.63, 3.8) is 0 Å². The lowest BCUT2D eigenvalue weighted by Crippen LogP contribution is -2.60. The molecular formula is C34H37Cl3N4O. The number of piperazine rings is 1. The molecule has 1 saturated heterocycles. The second kappa shape index (κ2) is 13.1. The lowest BCUT2D eigenvalue weighted by molar-refractivity contribution is -0.128. The third-order valence-corrected chi connectivity index (χ3v) is 9.70. The van der Waals surface area contributed by atoms with Gasteiger partial charge >= 0.3 is 0 Å². The predicted molar refractivity (Wildman–Crippen MR) is 173 cm³/mol. The van der Waals surface area contributed by atoms with Crippen LogP contribution in [-0.4, -0.2) is 53.5 Å². The van der Waals surface area contributed by atoms with Crippen molar-refractivity contribution in [3.8, 4) is 0 Å². The van der Waals surface area contributed by atoms with Crippen molar-refractivity contribution in [1.29, 1.82) is 0 Å². The molecule has 6 rings (SSSR count). The molecule has 1 aliphatic carbocycles. The summed E-state index contributed by atoms with van der Waals surface area (Å²) in [4.78, 5) is 18.8. The van der Waals surface area contributed by atoms with Gasteiger partial charge in [-0.2, -0.15) is 0 Å². The Labute approximate surface area is 263 Å². The van der Waals surface area contributed by atoms with Gasteiger partial charge in [0.1, 0.15) is 0 Å². The molecule has 0 radical (unpaired) electrons. The lowest BCUT2D eigenvalue weighted by atomic mass is 9.83. The Morgan fingerprint density at radius 2 is 1.67 bits per heavy atom. The van der Waals surface area contributed by atoms with Crippen molar-refractivity contribution in [3.05, 3.63) is 110 Å². The van der Waals surface area contributed by atoms with Crippen molar-refractivity contribution in [2.75, 3.05) is 19.6 Å². The Morgan fingerprint density at radius 1 is 0.905 bits per heavy atom. The number of nitrogens with zero attached hydrogens (tertiary/aromatic N) is 2. The molecule has 2 aliphatic heterocycles. The lowest BCUT2D eigenvalue weighted by Gasteiger charge is -2.41. The highest BCUT2D eigenvalue weighted by molar-refractivity contribution is 6.42. The van der Waals surface area contributed by atoms with E-state index >= 15 is 0 Å². The van der Waals surface area contributed by atoms with Crippen molar-refractivity contribution >= 4 is 46.3 Å². The molecule has 3 aliphatic rings. The Morgan fingerprint density at radius 3 is 2.40 bits per heavy atom. The zero-order chi connectivity index (χ0) is 29.2. The first-order valence-electron chi connectivity index (χ1n) is 14.9. The molecule has 2 fully saturated rings. The van der Waals surface area contributed by atoms with Gasteiger partial charge in [0, 0.05) is 55.4 Å². The van der Waals surface area contributed by atoms with E-state index in [0.29, 0.717) is 22.6 Å². The fourth-order valence-corrected chi connectivity index (χ4v) is 6.84. The van der Waals surface area contributed by atoms with Gasteiger partial charge in [-0.25, -0.2) is 0 Å². The summed E-state index contributed by atoms with van der Waals surface area (Å²) in [6, 6.07) is 23.1. The summed E-state index contributed by atoms with van der Waals surface area (Å²) in [5, 5.41) is 9.07. The molecule has 0 spiro atoms. The summed E-state index contributed by atoms with van der Waals surface area (Å²) < 4.78 is 0. The molecule has 3 aromatic carbocycles. The van der Waals surface area contributed by atoms with Crippen molar-refractivity contribution in [2.24, 2.45) is 0 Å². The summed E-state index contributed by atoms with van der Waals surface area (Å²) in [5.74, 6) is 0.103. The maximum absolute atomic E-state index is 14.4. The zero-order valence-corrected chi connectivity index (χ0v) is 26.2. The monoisotopic (exact) mass is 622 g/mol. The van der Waals surface area contributed by atoms with Gasteiger partial charge in [0.25, 0.3) is 5.91 Å². The fraction of sp³-hybridized carbons (Fsp3) is 0.382. The molecular weight excluding hydrogens is 587 g/mol. The Balaban J connectivity index is 1.27. The molecule has 220 valence electrons. The number of nitrogens with one attached hydrogen (secondary N) is 2. The highest BCUT2D eigenvalue weighted by Crippen LogP contribution is 2.37. The van der Waals surface area contributed by atoms with Gasteiger partial charge in [-0.15, -0.1) is 0 Å². The Hall–Kier alpha value is -2.38. The number of carbonyl (C=O) groups excluding carboxylic acids is 1. The highest BCUT2D eigenvalue weighted by atomic mass is 35.5. The van der Waals surface area contributed by atoms with Gasteiger partial charge in [0.05, 0.1) is 16.1 Å². The summed E-state index contributed by atoms with van der Waals surface area (Å²) in [6.07, 6.45) is 2.85. The van der Waals surface area contributed by atoms with E-state index in [2.05, 4.69) is 52.8 Å². The second-order valence-electron chi connectivity index (χ2n) is 11.7. The number of rotatable bonds is 10. The number of carbonyl (C=O) groups is 1. The van der Waals surface area contributed by atoms with Gasteiger partial charge in [-0.3, -0.25) is 9.69 Å². The van der Waals surface area contributed by atoms with Crippen LogP contribution in [0.5, 0.6) is 0 Å². The van der Waals surface area contributed by atoms with Crippen LogP contribution < -0.4 is 10.6 Å². The summed E-state index contributed by atoms with van der Waals surface area (Å²) in [5.41, 5.74) is 6.53. The van der Waals surface area contributed by atoms with Crippen LogP contribution in [0.2, 0.25) is 15.1 Å². The van der Waals surface area contributed by atoms with Crippen LogP contribution in [0.1, 0.15) is 48.4 Å². The SMILES string of the molecule is CCN(Cc1ccc(C2=C(C(=O)N(Cc3cccc(Cl)c3Cl)C3CC3)C3CNCC(C2)N3)cc1)Cc1cccc(Cl)c1. The van der Waals surface area contributed by atoms with Crippen molar-refractivity contribution in [2.45, 2.75) is 63.9 Å². The normalized spacial score (nSPS) is 20.2. The molecule has 2 heterocycles. The standard InChI is InChI=1S/C34H37Cl3N4O/c1-2-40(20-23-5-3-7-26(35)15-23)19-22-9-11-24(12-10-22)29-16-27-17-38-18-31(39-27)32(29)34(42)41(28-13-14-28)21-25-6-4-8-30(36)33(25)37/h3-12,15,27-28,31,38-39H,2,13-14,16-21H2,1H3. The number of hydrogen-bond acceptors (Lipinski definition) is 4. The van der Waals surface area contributed by atoms with E-state index in [9.17, 15) is 4.79 Å². The molecule has 2 bridgehead atoms. The minimum absolute atomic E-state index is 0.0240. The Bertz CT molecular complexity index is 1470. The molecule has 2 atom stereocenters. The average molecular weight is 624 g/mol. The van der Waals surface area contributed by atoms with E-state index in [0.717, 1.165) is 79.3 Å². The van der Waals surface area contributed by atoms with E-state index in [4.69, 9.17) is 34.8 Å². The maximum atomic E-state index is 14.4. The van der Waals surface area contributed by atoms with Crippen LogP contribution >= 0.6 is 34.8 Å². The molecule has 5 nitrogen and oxygen atoms in total. The van der Waals surface area contributed by atoms with E-state index in [-0.39, 0.29) is 18.0 Å². The Kier molecular flexibility index (Phi) is 9.25. The third kappa shape index (κ3) is 6.72. The van der Waals surface area contributed by atoms with E-state index in [1.54, 1.807) is 6.07 Å². The van der Waals surface area contributed by atoms with Gasteiger partial charge in [-0.05, 0) is 71.8 Å².